The van der Waals surface area contributed by atoms with Crippen molar-refractivity contribution in [1.82, 2.24) is 0 Å². The van der Waals surface area contributed by atoms with Crippen LogP contribution < -0.4 is 0 Å². The number of rotatable bonds is 7. The molecule has 0 aliphatic heterocycles. The van der Waals surface area contributed by atoms with E-state index in [1.807, 2.05) is 0 Å². The van der Waals surface area contributed by atoms with E-state index in [1.54, 1.807) is 6.61 Å². The lowest BCUT2D eigenvalue weighted by Gasteiger charge is -2.00. The van der Waals surface area contributed by atoms with Gasteiger partial charge in [-0.1, -0.05) is 32.6 Å². The second-order valence-corrected chi connectivity index (χ2v) is 2.98. The van der Waals surface area contributed by atoms with Gasteiger partial charge in [0.2, 0.25) is 0 Å². The normalized spacial score (nSPS) is 9.83. The lowest BCUT2D eigenvalue weighted by Crippen LogP contribution is -1.94. The number of hydrogen-bond acceptors (Lipinski definition) is 2. The van der Waals surface area contributed by atoms with E-state index in [1.165, 1.54) is 32.6 Å². The van der Waals surface area contributed by atoms with Crippen molar-refractivity contribution in [3.05, 3.63) is 6.61 Å². The molecule has 2 nitrogen and oxygen atoms in total. The Labute approximate surface area is 75.3 Å². The zero-order valence-electron chi connectivity index (χ0n) is 8.14. The molecule has 0 heterocycles. The highest BCUT2D eigenvalue weighted by molar-refractivity contribution is 5.66. The third kappa shape index (κ3) is 9.47. The number of carbonyl (C=O) groups is 1. The van der Waals surface area contributed by atoms with Gasteiger partial charge in [0.1, 0.15) is 6.61 Å². The Morgan fingerprint density at radius 3 is 2.50 bits per heavy atom. The fourth-order valence-electron chi connectivity index (χ4n) is 1.01. The van der Waals surface area contributed by atoms with E-state index >= 15 is 0 Å². The second kappa shape index (κ2) is 8.57. The summed E-state index contributed by atoms with van der Waals surface area (Å²) in [6, 6.07) is 0. The van der Waals surface area contributed by atoms with Gasteiger partial charge in [0.05, 0.1) is 0 Å². The van der Waals surface area contributed by atoms with Crippen LogP contribution in [0.25, 0.3) is 0 Å². The average molecular weight is 171 g/mol. The lowest BCUT2D eigenvalue weighted by atomic mass is 10.1. The Hall–Kier alpha value is -0.530. The maximum atomic E-state index is 10.3. The van der Waals surface area contributed by atoms with Crippen molar-refractivity contribution >= 4 is 5.97 Å². The van der Waals surface area contributed by atoms with Crippen molar-refractivity contribution in [3.63, 3.8) is 0 Å². The SMILES string of the molecule is CCCCCCC[CH]OC(C)=O. The molecule has 0 aliphatic rings. The predicted molar refractivity (Wildman–Crippen MR) is 49.4 cm³/mol. The summed E-state index contributed by atoms with van der Waals surface area (Å²) in [5, 5.41) is 0. The van der Waals surface area contributed by atoms with Crippen LogP contribution in [-0.2, 0) is 9.53 Å². The van der Waals surface area contributed by atoms with Gasteiger partial charge in [-0.3, -0.25) is 4.79 Å². The van der Waals surface area contributed by atoms with E-state index in [0.29, 0.717) is 0 Å². The van der Waals surface area contributed by atoms with Crippen molar-refractivity contribution in [2.24, 2.45) is 0 Å². The first-order valence-corrected chi connectivity index (χ1v) is 4.76. The minimum Gasteiger partial charge on any atom is -0.459 e. The van der Waals surface area contributed by atoms with Crippen LogP contribution in [0.1, 0.15) is 52.4 Å². The van der Waals surface area contributed by atoms with Crippen molar-refractivity contribution in [3.8, 4) is 0 Å². The fourth-order valence-corrected chi connectivity index (χ4v) is 1.01. The Morgan fingerprint density at radius 1 is 1.25 bits per heavy atom. The quantitative estimate of drug-likeness (QED) is 0.434. The van der Waals surface area contributed by atoms with Gasteiger partial charge >= 0.3 is 5.97 Å². The van der Waals surface area contributed by atoms with E-state index in [2.05, 4.69) is 11.7 Å². The maximum absolute atomic E-state index is 10.3. The minimum atomic E-state index is -0.219. The first kappa shape index (κ1) is 11.5. The predicted octanol–water partition coefficient (Wildman–Crippen LogP) is 3.07. The number of unbranched alkanes of at least 4 members (excludes halogenated alkanes) is 5. The molecule has 0 amide bonds. The summed E-state index contributed by atoms with van der Waals surface area (Å²) in [5.41, 5.74) is 0. The van der Waals surface area contributed by atoms with E-state index in [9.17, 15) is 4.79 Å². The summed E-state index contributed by atoms with van der Waals surface area (Å²) in [4.78, 5) is 10.3. The van der Waals surface area contributed by atoms with Crippen molar-refractivity contribution < 1.29 is 9.53 Å². The number of hydrogen-bond donors (Lipinski definition) is 0. The smallest absolute Gasteiger partial charge is 0.303 e. The van der Waals surface area contributed by atoms with Crippen LogP contribution in [0.15, 0.2) is 0 Å². The summed E-state index contributed by atoms with van der Waals surface area (Å²) < 4.78 is 4.68. The molecule has 0 unspecified atom stereocenters. The molecule has 1 radical (unpaired) electrons. The van der Waals surface area contributed by atoms with Gasteiger partial charge in [-0.25, -0.2) is 0 Å². The first-order chi connectivity index (χ1) is 5.77. The molecule has 0 rings (SSSR count). The molecular weight excluding hydrogens is 152 g/mol. The second-order valence-electron chi connectivity index (χ2n) is 2.98. The van der Waals surface area contributed by atoms with Gasteiger partial charge in [0.15, 0.2) is 0 Å². The Morgan fingerprint density at radius 2 is 1.92 bits per heavy atom. The number of esters is 1. The molecule has 0 saturated carbocycles. The Bertz CT molecular complexity index is 110. The van der Waals surface area contributed by atoms with Gasteiger partial charge in [-0.2, -0.15) is 0 Å². The highest BCUT2D eigenvalue weighted by Crippen LogP contribution is 2.06. The molecular formula is C10H19O2. The summed E-state index contributed by atoms with van der Waals surface area (Å²) in [7, 11) is 0. The third-order valence-electron chi connectivity index (χ3n) is 1.67. The molecule has 0 saturated heterocycles. The van der Waals surface area contributed by atoms with E-state index in [4.69, 9.17) is 0 Å². The molecule has 0 aromatic heterocycles. The number of ether oxygens (including phenoxy) is 1. The topological polar surface area (TPSA) is 26.3 Å². The molecule has 0 fully saturated rings. The van der Waals surface area contributed by atoms with Crippen molar-refractivity contribution in [2.75, 3.05) is 0 Å². The van der Waals surface area contributed by atoms with Gasteiger partial charge in [0, 0.05) is 6.92 Å². The zero-order chi connectivity index (χ0) is 9.23. The van der Waals surface area contributed by atoms with Crippen molar-refractivity contribution in [1.29, 1.82) is 0 Å². The highest BCUT2D eigenvalue weighted by Gasteiger charge is 1.93. The van der Waals surface area contributed by atoms with E-state index in [0.717, 1.165) is 12.8 Å². The zero-order valence-corrected chi connectivity index (χ0v) is 8.14. The van der Waals surface area contributed by atoms with Gasteiger partial charge in [-0.05, 0) is 12.8 Å². The van der Waals surface area contributed by atoms with Gasteiger partial charge < -0.3 is 4.74 Å². The largest absolute Gasteiger partial charge is 0.459 e. The van der Waals surface area contributed by atoms with Crippen LogP contribution in [0.5, 0.6) is 0 Å². The van der Waals surface area contributed by atoms with E-state index < -0.39 is 0 Å². The molecule has 12 heavy (non-hydrogen) atoms. The molecule has 0 bridgehead atoms. The minimum absolute atomic E-state index is 0.219. The molecule has 71 valence electrons. The van der Waals surface area contributed by atoms with Crippen LogP contribution in [0.4, 0.5) is 0 Å². The Balaban J connectivity index is 2.86. The fraction of sp³-hybridized carbons (Fsp3) is 0.800. The van der Waals surface area contributed by atoms with Crippen LogP contribution in [0.3, 0.4) is 0 Å². The van der Waals surface area contributed by atoms with Crippen LogP contribution in [-0.4, -0.2) is 5.97 Å². The maximum Gasteiger partial charge on any atom is 0.303 e. The molecule has 0 N–H and O–H groups in total. The van der Waals surface area contributed by atoms with Gasteiger partial charge in [0.25, 0.3) is 0 Å². The van der Waals surface area contributed by atoms with E-state index in [-0.39, 0.29) is 5.97 Å². The summed E-state index contributed by atoms with van der Waals surface area (Å²) in [6.45, 7) is 5.23. The third-order valence-corrected chi connectivity index (χ3v) is 1.67. The monoisotopic (exact) mass is 171 g/mol. The molecule has 2 heteroatoms. The first-order valence-electron chi connectivity index (χ1n) is 4.76. The van der Waals surface area contributed by atoms with Gasteiger partial charge in [-0.15, -0.1) is 0 Å². The average Bonchev–Trinajstić information content (AvgIpc) is 2.02. The molecule has 0 atom stereocenters. The van der Waals surface area contributed by atoms with Crippen LogP contribution in [0, 0.1) is 6.61 Å². The van der Waals surface area contributed by atoms with Crippen LogP contribution in [0.2, 0.25) is 0 Å². The van der Waals surface area contributed by atoms with Crippen molar-refractivity contribution in [2.45, 2.75) is 52.4 Å². The lowest BCUT2D eigenvalue weighted by molar-refractivity contribution is -0.137. The molecule has 0 aromatic carbocycles. The summed E-state index contributed by atoms with van der Waals surface area (Å²) in [5.74, 6) is -0.219. The number of carbonyl (C=O) groups excluding carboxylic acids is 1. The summed E-state index contributed by atoms with van der Waals surface area (Å²) >= 11 is 0. The summed E-state index contributed by atoms with van der Waals surface area (Å²) in [6.07, 6.45) is 7.15. The standard InChI is InChI=1S/C10H19O2/c1-3-4-5-6-7-8-9-12-10(2)11/h9H,3-8H2,1-2H3. The highest BCUT2D eigenvalue weighted by atomic mass is 16.5. The molecule has 0 aromatic rings. The Kier molecular flexibility index (Phi) is 8.19. The molecule has 0 aliphatic carbocycles. The molecule has 0 spiro atoms. The van der Waals surface area contributed by atoms with Crippen LogP contribution >= 0.6 is 0 Å².